The lowest BCUT2D eigenvalue weighted by Gasteiger charge is -2.24. The van der Waals surface area contributed by atoms with Gasteiger partial charge >= 0.3 is 0 Å². The van der Waals surface area contributed by atoms with Crippen molar-refractivity contribution in [3.8, 4) is 5.69 Å². The van der Waals surface area contributed by atoms with Gasteiger partial charge in [0.1, 0.15) is 0 Å². The predicted octanol–water partition coefficient (Wildman–Crippen LogP) is 4.50. The van der Waals surface area contributed by atoms with Crippen LogP contribution in [0.2, 0.25) is 0 Å². The Labute approximate surface area is 124 Å². The van der Waals surface area contributed by atoms with Gasteiger partial charge in [-0.3, -0.25) is 0 Å². The Bertz CT molecular complexity index is 634. The van der Waals surface area contributed by atoms with Crippen molar-refractivity contribution < 1.29 is 8.78 Å². The maximum Gasteiger partial charge on any atom is 0.270 e. The van der Waals surface area contributed by atoms with Crippen LogP contribution in [0.15, 0.2) is 30.7 Å². The second kappa shape index (κ2) is 5.13. The molecule has 1 aromatic carbocycles. The lowest BCUT2D eigenvalue weighted by molar-refractivity contribution is 0.0175. The van der Waals surface area contributed by atoms with Crippen LogP contribution in [0, 0.1) is 6.92 Å². The average molecular weight is 293 g/mol. The Morgan fingerprint density at radius 1 is 1.10 bits per heavy atom. The third-order valence-corrected chi connectivity index (χ3v) is 2.95. The quantitative estimate of drug-likeness (QED) is 0.902. The molecule has 1 heterocycles. The Morgan fingerprint density at radius 3 is 2.24 bits per heavy atom. The molecule has 2 aromatic rings. The van der Waals surface area contributed by atoms with E-state index >= 15 is 0 Å². The van der Waals surface area contributed by atoms with Crippen molar-refractivity contribution in [2.24, 2.45) is 0 Å². The molecule has 0 radical (unpaired) electrons. The lowest BCUT2D eigenvalue weighted by Crippen LogP contribution is -2.26. The van der Waals surface area contributed by atoms with Crippen LogP contribution in [0.25, 0.3) is 5.69 Å². The maximum atomic E-state index is 13.7. The first-order valence-corrected chi connectivity index (χ1v) is 6.87. The Hall–Kier alpha value is -1.91. The number of hydrogen-bond acceptors (Lipinski definition) is 2. The summed E-state index contributed by atoms with van der Waals surface area (Å²) in [6, 6.07) is 4.84. The second-order valence-corrected chi connectivity index (χ2v) is 6.45. The molecule has 0 atom stereocenters. The number of hydrogen-bond donors (Lipinski definition) is 1. The molecule has 2 rings (SSSR count). The van der Waals surface area contributed by atoms with E-state index in [1.807, 2.05) is 40.0 Å². The summed E-state index contributed by atoms with van der Waals surface area (Å²) in [5, 5.41) is 3.24. The van der Waals surface area contributed by atoms with E-state index in [0.29, 0.717) is 11.4 Å². The number of aryl methyl sites for hydroxylation is 1. The smallest absolute Gasteiger partial charge is 0.270 e. The SMILES string of the molecule is Cc1cn(-c2cc(NC(C)(C)C)cc(C(C)(F)F)c2)cn1. The second-order valence-electron chi connectivity index (χ2n) is 6.45. The van der Waals surface area contributed by atoms with Gasteiger partial charge in [0.15, 0.2) is 0 Å². The van der Waals surface area contributed by atoms with E-state index in [2.05, 4.69) is 10.3 Å². The van der Waals surface area contributed by atoms with Crippen molar-refractivity contribution in [2.75, 3.05) is 5.32 Å². The molecule has 0 amide bonds. The minimum Gasteiger partial charge on any atom is -0.380 e. The van der Waals surface area contributed by atoms with Gasteiger partial charge in [-0.2, -0.15) is 0 Å². The van der Waals surface area contributed by atoms with Crippen LogP contribution in [-0.2, 0) is 5.92 Å². The zero-order valence-electron chi connectivity index (χ0n) is 13.0. The molecule has 0 saturated heterocycles. The highest BCUT2D eigenvalue weighted by Crippen LogP contribution is 2.32. The molecule has 0 bridgehead atoms. The summed E-state index contributed by atoms with van der Waals surface area (Å²) < 4.78 is 29.2. The Morgan fingerprint density at radius 2 is 1.76 bits per heavy atom. The van der Waals surface area contributed by atoms with E-state index in [-0.39, 0.29) is 11.1 Å². The number of aromatic nitrogens is 2. The third kappa shape index (κ3) is 4.03. The number of rotatable bonds is 3. The van der Waals surface area contributed by atoms with Crippen LogP contribution in [0.1, 0.15) is 39.0 Å². The summed E-state index contributed by atoms with van der Waals surface area (Å²) in [4.78, 5) is 4.14. The highest BCUT2D eigenvalue weighted by molar-refractivity contribution is 5.56. The largest absolute Gasteiger partial charge is 0.380 e. The first-order valence-electron chi connectivity index (χ1n) is 6.87. The van der Waals surface area contributed by atoms with Crippen molar-refractivity contribution in [1.82, 2.24) is 9.55 Å². The summed E-state index contributed by atoms with van der Waals surface area (Å²) in [5.41, 5.74) is 1.96. The molecule has 0 spiro atoms. The fourth-order valence-corrected chi connectivity index (χ4v) is 2.08. The standard InChI is InChI=1S/C16H21F2N3/c1-11-9-21(10-19-11)14-7-12(16(5,17)18)6-13(8-14)20-15(2,3)4/h6-10,20H,1-5H3. The average Bonchev–Trinajstić information content (AvgIpc) is 2.72. The summed E-state index contributed by atoms with van der Waals surface area (Å²) in [7, 11) is 0. The van der Waals surface area contributed by atoms with Crippen molar-refractivity contribution in [1.29, 1.82) is 0 Å². The maximum absolute atomic E-state index is 13.7. The van der Waals surface area contributed by atoms with Gasteiger partial charge in [0, 0.05) is 35.6 Å². The lowest BCUT2D eigenvalue weighted by atomic mass is 10.0. The highest BCUT2D eigenvalue weighted by atomic mass is 19.3. The topological polar surface area (TPSA) is 29.9 Å². The summed E-state index contributed by atoms with van der Waals surface area (Å²) >= 11 is 0. The van der Waals surface area contributed by atoms with Crippen LogP contribution < -0.4 is 5.32 Å². The molecule has 3 nitrogen and oxygen atoms in total. The fraction of sp³-hybridized carbons (Fsp3) is 0.438. The molecule has 0 aliphatic carbocycles. The molecule has 0 aliphatic rings. The van der Waals surface area contributed by atoms with Crippen molar-refractivity contribution in [2.45, 2.75) is 46.1 Å². The molecule has 0 fully saturated rings. The van der Waals surface area contributed by atoms with Crippen LogP contribution in [0.4, 0.5) is 14.5 Å². The Balaban J connectivity index is 2.52. The summed E-state index contributed by atoms with van der Waals surface area (Å²) in [5.74, 6) is -2.89. The molecular formula is C16H21F2N3. The van der Waals surface area contributed by atoms with Gasteiger partial charge in [0.05, 0.1) is 12.0 Å². The third-order valence-electron chi connectivity index (χ3n) is 2.95. The van der Waals surface area contributed by atoms with Crippen LogP contribution in [0.3, 0.4) is 0 Å². The molecule has 1 aromatic heterocycles. The van der Waals surface area contributed by atoms with Crippen molar-refractivity contribution in [3.63, 3.8) is 0 Å². The van der Waals surface area contributed by atoms with E-state index in [4.69, 9.17) is 0 Å². The molecule has 0 unspecified atom stereocenters. The molecule has 1 N–H and O–H groups in total. The monoisotopic (exact) mass is 293 g/mol. The van der Waals surface area contributed by atoms with Gasteiger partial charge in [0.2, 0.25) is 0 Å². The van der Waals surface area contributed by atoms with E-state index in [9.17, 15) is 8.78 Å². The van der Waals surface area contributed by atoms with E-state index in [0.717, 1.165) is 12.6 Å². The molecule has 21 heavy (non-hydrogen) atoms. The molecule has 0 saturated carbocycles. The van der Waals surface area contributed by atoms with Crippen molar-refractivity contribution >= 4 is 5.69 Å². The molecule has 5 heteroatoms. The van der Waals surface area contributed by atoms with Gasteiger partial charge in [0.25, 0.3) is 5.92 Å². The van der Waals surface area contributed by atoms with Gasteiger partial charge in [-0.1, -0.05) is 0 Å². The summed E-state index contributed by atoms with van der Waals surface area (Å²) in [6.07, 6.45) is 3.44. The minimum absolute atomic E-state index is 0.0156. The number of benzene rings is 1. The predicted molar refractivity (Wildman–Crippen MR) is 81.2 cm³/mol. The van der Waals surface area contributed by atoms with Gasteiger partial charge in [-0.05, 0) is 45.9 Å². The number of nitrogens with one attached hydrogen (secondary N) is 1. The Kier molecular flexibility index (Phi) is 3.78. The van der Waals surface area contributed by atoms with Crippen LogP contribution >= 0.6 is 0 Å². The molecule has 0 aliphatic heterocycles. The minimum atomic E-state index is -2.89. The first kappa shape index (κ1) is 15.5. The molecule has 114 valence electrons. The van der Waals surface area contributed by atoms with E-state index < -0.39 is 5.92 Å². The normalized spacial score (nSPS) is 12.5. The summed E-state index contributed by atoms with van der Waals surface area (Å²) in [6.45, 7) is 8.75. The zero-order chi connectivity index (χ0) is 15.8. The highest BCUT2D eigenvalue weighted by Gasteiger charge is 2.26. The molecular weight excluding hydrogens is 272 g/mol. The first-order chi connectivity index (χ1) is 9.54. The van der Waals surface area contributed by atoms with Gasteiger partial charge in [-0.15, -0.1) is 0 Å². The van der Waals surface area contributed by atoms with Gasteiger partial charge < -0.3 is 9.88 Å². The van der Waals surface area contributed by atoms with Gasteiger partial charge in [-0.25, -0.2) is 13.8 Å². The van der Waals surface area contributed by atoms with E-state index in [1.54, 1.807) is 10.9 Å². The van der Waals surface area contributed by atoms with Crippen LogP contribution in [0.5, 0.6) is 0 Å². The van der Waals surface area contributed by atoms with E-state index in [1.165, 1.54) is 12.1 Å². The number of imidazole rings is 1. The number of alkyl halides is 2. The van der Waals surface area contributed by atoms with Crippen molar-refractivity contribution in [3.05, 3.63) is 42.0 Å². The van der Waals surface area contributed by atoms with Crippen LogP contribution in [-0.4, -0.2) is 15.1 Å². The fourth-order valence-electron chi connectivity index (χ4n) is 2.08. The number of nitrogens with zero attached hydrogens (tertiary/aromatic N) is 2. The number of halogens is 2. The zero-order valence-corrected chi connectivity index (χ0v) is 13.0. The number of anilines is 1.